The molecule has 0 aliphatic heterocycles. The van der Waals surface area contributed by atoms with Crippen molar-refractivity contribution in [2.45, 2.75) is 44.9 Å². The molecule has 1 aliphatic carbocycles. The lowest BCUT2D eigenvalue weighted by atomic mass is 9.84. The van der Waals surface area contributed by atoms with Gasteiger partial charge in [-0.15, -0.1) is 0 Å². The molecule has 1 aromatic rings. The van der Waals surface area contributed by atoms with E-state index in [0.29, 0.717) is 11.7 Å². The van der Waals surface area contributed by atoms with Crippen LogP contribution >= 0.6 is 0 Å². The van der Waals surface area contributed by atoms with E-state index in [0.717, 1.165) is 5.56 Å². The third-order valence-corrected chi connectivity index (χ3v) is 2.96. The van der Waals surface area contributed by atoms with Gasteiger partial charge in [0.25, 0.3) is 0 Å². The van der Waals surface area contributed by atoms with Crippen molar-refractivity contribution in [3.8, 4) is 0 Å². The third-order valence-electron chi connectivity index (χ3n) is 2.96. The van der Waals surface area contributed by atoms with E-state index in [4.69, 9.17) is 4.52 Å². The Kier molecular flexibility index (Phi) is 2.66. The molecule has 2 rings (SSSR count). The first kappa shape index (κ1) is 9.44. The molecule has 3 nitrogen and oxygen atoms in total. The summed E-state index contributed by atoms with van der Waals surface area (Å²) in [4.78, 5) is 11.2. The molecule has 0 aromatic carbocycles. The quantitative estimate of drug-likeness (QED) is 0.678. The van der Waals surface area contributed by atoms with Crippen molar-refractivity contribution in [1.29, 1.82) is 0 Å². The molecule has 0 bridgehead atoms. The van der Waals surface area contributed by atoms with Crippen molar-refractivity contribution in [2.75, 3.05) is 0 Å². The van der Waals surface area contributed by atoms with Crippen LogP contribution in [-0.4, -0.2) is 10.9 Å². The van der Waals surface area contributed by atoms with Gasteiger partial charge < -0.3 is 4.52 Å². The molecule has 0 spiro atoms. The molecular weight excluding hydrogens is 178 g/mol. The van der Waals surface area contributed by atoms with Gasteiger partial charge in [0.05, 0.1) is 6.20 Å². The number of aromatic nitrogens is 1. The van der Waals surface area contributed by atoms with Gasteiger partial charge in [-0.1, -0.05) is 24.4 Å². The summed E-state index contributed by atoms with van der Waals surface area (Å²) in [5.74, 6) is 0.953. The highest BCUT2D eigenvalue weighted by molar-refractivity contribution is 5.92. The Balaban J connectivity index is 2.21. The molecule has 76 valence electrons. The van der Waals surface area contributed by atoms with Gasteiger partial charge in [-0.25, -0.2) is 0 Å². The van der Waals surface area contributed by atoms with Crippen molar-refractivity contribution in [3.05, 3.63) is 17.5 Å². The summed E-state index contributed by atoms with van der Waals surface area (Å²) in [7, 11) is 0. The summed E-state index contributed by atoms with van der Waals surface area (Å²) in [6.45, 7) is 1.53. The van der Waals surface area contributed by atoms with E-state index in [2.05, 4.69) is 5.16 Å². The topological polar surface area (TPSA) is 43.1 Å². The van der Waals surface area contributed by atoms with Crippen molar-refractivity contribution >= 4 is 5.78 Å². The lowest BCUT2D eigenvalue weighted by molar-refractivity contribution is 0.0976. The van der Waals surface area contributed by atoms with E-state index in [1.165, 1.54) is 39.0 Å². The largest absolute Gasteiger partial charge is 0.353 e. The van der Waals surface area contributed by atoms with Gasteiger partial charge in [0.2, 0.25) is 5.76 Å². The molecule has 14 heavy (non-hydrogen) atoms. The molecule has 0 radical (unpaired) electrons. The van der Waals surface area contributed by atoms with E-state index in [1.54, 1.807) is 6.20 Å². The molecule has 0 saturated heterocycles. The number of hydrogen-bond acceptors (Lipinski definition) is 3. The normalized spacial score (nSPS) is 18.4. The molecule has 1 aromatic heterocycles. The zero-order valence-corrected chi connectivity index (χ0v) is 8.45. The standard InChI is InChI=1S/C11H15NO2/c1-8(13)11-10(7-12-14-11)9-5-3-2-4-6-9/h7,9H,2-6H2,1H3. The van der Waals surface area contributed by atoms with E-state index < -0.39 is 0 Å². The van der Waals surface area contributed by atoms with Gasteiger partial charge in [0.1, 0.15) is 0 Å². The fraction of sp³-hybridized carbons (Fsp3) is 0.636. The Morgan fingerprint density at radius 3 is 2.79 bits per heavy atom. The van der Waals surface area contributed by atoms with E-state index in [1.807, 2.05) is 0 Å². The number of carbonyl (C=O) groups is 1. The Bertz CT molecular complexity index is 324. The molecule has 1 heterocycles. The summed E-state index contributed by atoms with van der Waals surface area (Å²) >= 11 is 0. The molecule has 3 heteroatoms. The van der Waals surface area contributed by atoms with Gasteiger partial charge in [0.15, 0.2) is 5.78 Å². The van der Waals surface area contributed by atoms with Crippen molar-refractivity contribution in [3.63, 3.8) is 0 Å². The minimum atomic E-state index is -0.0110. The summed E-state index contributed by atoms with van der Waals surface area (Å²) in [5.41, 5.74) is 1.03. The molecular formula is C11H15NO2. The van der Waals surface area contributed by atoms with Gasteiger partial charge >= 0.3 is 0 Å². The minimum Gasteiger partial charge on any atom is -0.353 e. The second-order valence-corrected chi connectivity index (χ2v) is 4.00. The molecule has 0 unspecified atom stereocenters. The van der Waals surface area contributed by atoms with Crippen LogP contribution in [0, 0.1) is 0 Å². The first-order valence-corrected chi connectivity index (χ1v) is 5.24. The number of nitrogens with zero attached hydrogens (tertiary/aromatic N) is 1. The number of carbonyl (C=O) groups excluding carboxylic acids is 1. The van der Waals surface area contributed by atoms with Crippen LogP contribution in [0.25, 0.3) is 0 Å². The first-order valence-electron chi connectivity index (χ1n) is 5.24. The van der Waals surface area contributed by atoms with Gasteiger partial charge in [-0.05, 0) is 18.8 Å². The molecule has 1 saturated carbocycles. The molecule has 0 N–H and O–H groups in total. The molecule has 0 atom stereocenters. The Hall–Kier alpha value is -1.12. The zero-order valence-electron chi connectivity index (χ0n) is 8.45. The highest BCUT2D eigenvalue weighted by Crippen LogP contribution is 2.34. The minimum absolute atomic E-state index is 0.0110. The Morgan fingerprint density at radius 1 is 1.43 bits per heavy atom. The van der Waals surface area contributed by atoms with Crippen LogP contribution in [0.3, 0.4) is 0 Å². The fourth-order valence-electron chi connectivity index (χ4n) is 2.22. The highest BCUT2D eigenvalue weighted by Gasteiger charge is 2.23. The maximum Gasteiger partial charge on any atom is 0.205 e. The van der Waals surface area contributed by atoms with Crippen LogP contribution < -0.4 is 0 Å². The van der Waals surface area contributed by atoms with Crippen LogP contribution in [0.15, 0.2) is 10.7 Å². The predicted octanol–water partition coefficient (Wildman–Crippen LogP) is 2.92. The molecule has 0 amide bonds. The average molecular weight is 193 g/mol. The maximum absolute atomic E-state index is 11.2. The van der Waals surface area contributed by atoms with Crippen molar-refractivity contribution < 1.29 is 9.32 Å². The summed E-state index contributed by atoms with van der Waals surface area (Å²) in [6, 6.07) is 0. The third kappa shape index (κ3) is 1.72. The summed E-state index contributed by atoms with van der Waals surface area (Å²) in [6.07, 6.45) is 7.88. The van der Waals surface area contributed by atoms with Crippen LogP contribution in [0.2, 0.25) is 0 Å². The van der Waals surface area contributed by atoms with Crippen LogP contribution in [0.5, 0.6) is 0 Å². The summed E-state index contributed by atoms with van der Waals surface area (Å²) < 4.78 is 4.98. The Morgan fingerprint density at radius 2 is 2.14 bits per heavy atom. The monoisotopic (exact) mass is 193 g/mol. The van der Waals surface area contributed by atoms with E-state index >= 15 is 0 Å². The smallest absolute Gasteiger partial charge is 0.205 e. The van der Waals surface area contributed by atoms with E-state index in [-0.39, 0.29) is 5.78 Å². The van der Waals surface area contributed by atoms with Crippen molar-refractivity contribution in [2.24, 2.45) is 0 Å². The second-order valence-electron chi connectivity index (χ2n) is 4.00. The van der Waals surface area contributed by atoms with Crippen LogP contribution in [0.4, 0.5) is 0 Å². The predicted molar refractivity (Wildman–Crippen MR) is 52.3 cm³/mol. The SMILES string of the molecule is CC(=O)c1oncc1C1CCCCC1. The number of hydrogen-bond donors (Lipinski definition) is 0. The summed E-state index contributed by atoms with van der Waals surface area (Å²) in [5, 5.41) is 3.72. The molecule has 1 aliphatic rings. The van der Waals surface area contributed by atoms with Crippen molar-refractivity contribution in [1.82, 2.24) is 5.16 Å². The highest BCUT2D eigenvalue weighted by atomic mass is 16.5. The van der Waals surface area contributed by atoms with Gasteiger partial charge in [-0.2, -0.15) is 0 Å². The lowest BCUT2D eigenvalue weighted by Gasteiger charge is -2.20. The maximum atomic E-state index is 11.2. The van der Waals surface area contributed by atoms with Gasteiger partial charge in [-0.3, -0.25) is 4.79 Å². The van der Waals surface area contributed by atoms with Gasteiger partial charge in [0, 0.05) is 12.5 Å². The van der Waals surface area contributed by atoms with Crippen LogP contribution in [-0.2, 0) is 0 Å². The van der Waals surface area contributed by atoms with E-state index in [9.17, 15) is 4.79 Å². The number of ketones is 1. The second kappa shape index (κ2) is 3.95. The number of rotatable bonds is 2. The number of Topliss-reactive ketones (excluding diaryl/α,β-unsaturated/α-hetero) is 1. The Labute approximate surface area is 83.5 Å². The molecule has 1 fully saturated rings. The zero-order chi connectivity index (χ0) is 9.97. The lowest BCUT2D eigenvalue weighted by Crippen LogP contribution is -2.07. The average Bonchev–Trinajstić information content (AvgIpc) is 2.67. The fourth-order valence-corrected chi connectivity index (χ4v) is 2.22. The first-order chi connectivity index (χ1) is 6.79. The van der Waals surface area contributed by atoms with Crippen LogP contribution in [0.1, 0.15) is 61.1 Å².